The minimum atomic E-state index is -0.886. The molecule has 0 aromatic heterocycles. The van der Waals surface area contributed by atoms with Gasteiger partial charge in [-0.05, 0) is 18.1 Å². The van der Waals surface area contributed by atoms with Crippen molar-refractivity contribution in [2.45, 2.75) is 19.6 Å². The van der Waals surface area contributed by atoms with Crippen LogP contribution in [0.5, 0.6) is 0 Å². The number of methoxy groups -OCH3 is 2. The second-order valence-electron chi connectivity index (χ2n) is 6.02. The van der Waals surface area contributed by atoms with Crippen LogP contribution in [0.3, 0.4) is 0 Å². The zero-order valence-electron chi connectivity index (χ0n) is 16.9. The topological polar surface area (TPSA) is 107 Å². The van der Waals surface area contributed by atoms with E-state index in [4.69, 9.17) is 9.47 Å². The predicted molar refractivity (Wildman–Crippen MR) is 109 cm³/mol. The van der Waals surface area contributed by atoms with Crippen molar-refractivity contribution >= 4 is 24.0 Å². The number of hydrogen-bond acceptors (Lipinski definition) is 6. The first-order chi connectivity index (χ1) is 14.5. The quantitative estimate of drug-likeness (QED) is 0.456. The van der Waals surface area contributed by atoms with Crippen molar-refractivity contribution in [1.82, 2.24) is 10.4 Å². The number of benzene rings is 2. The van der Waals surface area contributed by atoms with Crippen LogP contribution >= 0.6 is 0 Å². The molecule has 0 radical (unpaired) electrons. The predicted octanol–water partition coefficient (Wildman–Crippen LogP) is 3.54. The van der Waals surface area contributed by atoms with Crippen molar-refractivity contribution in [3.63, 3.8) is 0 Å². The molecule has 0 aliphatic carbocycles. The number of nitrogens with one attached hydrogen (secondary N) is 1. The highest BCUT2D eigenvalue weighted by molar-refractivity contribution is 6.09. The summed E-state index contributed by atoms with van der Waals surface area (Å²) in [7, 11) is 2.32. The van der Waals surface area contributed by atoms with Crippen molar-refractivity contribution in [2.24, 2.45) is 4.99 Å². The third-order valence-electron chi connectivity index (χ3n) is 4.04. The minimum Gasteiger partial charge on any atom is -0.452 e. The molecule has 0 bridgehead atoms. The Morgan fingerprint density at radius 3 is 2.13 bits per heavy atom. The first kappa shape index (κ1) is 22.4. The number of rotatable bonds is 5. The Morgan fingerprint density at radius 1 is 0.967 bits per heavy atom. The van der Waals surface area contributed by atoms with Gasteiger partial charge in [-0.15, -0.1) is 0 Å². The molecule has 0 aliphatic rings. The molecule has 2 aromatic carbocycles. The normalized spacial score (nSPS) is 11.8. The van der Waals surface area contributed by atoms with Gasteiger partial charge < -0.3 is 14.2 Å². The van der Waals surface area contributed by atoms with Crippen LogP contribution in [0, 0.1) is 0 Å². The Hall–Kier alpha value is -3.88. The van der Waals surface area contributed by atoms with Gasteiger partial charge in [-0.25, -0.2) is 24.8 Å². The molecule has 0 unspecified atom stereocenters. The Balaban J connectivity index is 2.31. The van der Waals surface area contributed by atoms with Crippen molar-refractivity contribution in [2.75, 3.05) is 14.2 Å². The summed E-state index contributed by atoms with van der Waals surface area (Å²) in [6, 6.07) is 17.0. The standard InChI is InChI=1S/C21H23N3O6/c1-15(24(21(27)29-3)23-20(26)28-2)18(17-12-8-5-9-13-17)22-19(25)30-14-16-10-6-4-7-11-16/h4-13,15H,14H2,1-3H3,(H,23,26)/b22-18-/t15-/m1/s1. The van der Waals surface area contributed by atoms with E-state index in [1.165, 1.54) is 0 Å². The molecule has 30 heavy (non-hydrogen) atoms. The van der Waals surface area contributed by atoms with E-state index in [2.05, 4.69) is 15.2 Å². The van der Waals surface area contributed by atoms with E-state index in [0.29, 0.717) is 5.56 Å². The third-order valence-corrected chi connectivity index (χ3v) is 4.04. The van der Waals surface area contributed by atoms with Crippen LogP contribution in [0.2, 0.25) is 0 Å². The Morgan fingerprint density at radius 2 is 1.57 bits per heavy atom. The van der Waals surface area contributed by atoms with Gasteiger partial charge in [-0.3, -0.25) is 0 Å². The highest BCUT2D eigenvalue weighted by Crippen LogP contribution is 2.12. The molecule has 2 rings (SSSR count). The molecule has 1 N–H and O–H groups in total. The van der Waals surface area contributed by atoms with E-state index in [0.717, 1.165) is 24.8 Å². The van der Waals surface area contributed by atoms with Gasteiger partial charge in [0, 0.05) is 0 Å². The molecule has 0 saturated heterocycles. The fourth-order valence-corrected chi connectivity index (χ4v) is 2.52. The lowest BCUT2D eigenvalue weighted by atomic mass is 10.0. The first-order valence-corrected chi connectivity index (χ1v) is 9.02. The van der Waals surface area contributed by atoms with Crippen LogP contribution in [-0.4, -0.2) is 49.3 Å². The summed E-state index contributed by atoms with van der Waals surface area (Å²) < 4.78 is 14.5. The smallest absolute Gasteiger partial charge is 0.434 e. The molecule has 1 atom stereocenters. The van der Waals surface area contributed by atoms with Gasteiger partial charge in [0.2, 0.25) is 0 Å². The lowest BCUT2D eigenvalue weighted by Gasteiger charge is -2.28. The molecule has 158 valence electrons. The lowest BCUT2D eigenvalue weighted by molar-refractivity contribution is 0.0835. The zero-order chi connectivity index (χ0) is 21.9. The van der Waals surface area contributed by atoms with Gasteiger partial charge >= 0.3 is 18.3 Å². The van der Waals surface area contributed by atoms with E-state index in [1.54, 1.807) is 37.3 Å². The van der Waals surface area contributed by atoms with Crippen molar-refractivity contribution in [3.8, 4) is 0 Å². The van der Waals surface area contributed by atoms with E-state index >= 15 is 0 Å². The number of amides is 3. The molecule has 0 heterocycles. The van der Waals surface area contributed by atoms with Crippen molar-refractivity contribution in [1.29, 1.82) is 0 Å². The maximum Gasteiger partial charge on any atom is 0.434 e. The maximum atomic E-state index is 12.4. The number of nitrogens with zero attached hydrogens (tertiary/aromatic N) is 2. The van der Waals surface area contributed by atoms with Crippen LogP contribution in [0.25, 0.3) is 0 Å². The molecule has 0 spiro atoms. The summed E-state index contributed by atoms with van der Waals surface area (Å²) in [5.74, 6) is 0. The number of ether oxygens (including phenoxy) is 3. The second-order valence-corrected chi connectivity index (χ2v) is 6.02. The van der Waals surface area contributed by atoms with Gasteiger partial charge in [0.1, 0.15) is 6.61 Å². The average molecular weight is 413 g/mol. The summed E-state index contributed by atoms with van der Waals surface area (Å²) in [5, 5.41) is 0.877. The van der Waals surface area contributed by atoms with E-state index in [1.807, 2.05) is 30.3 Å². The number of hydrogen-bond donors (Lipinski definition) is 1. The van der Waals surface area contributed by atoms with Gasteiger partial charge in [-0.2, -0.15) is 4.99 Å². The van der Waals surface area contributed by atoms with E-state index in [9.17, 15) is 14.4 Å². The average Bonchev–Trinajstić information content (AvgIpc) is 2.79. The maximum absolute atomic E-state index is 12.4. The Bertz CT molecular complexity index is 886. The van der Waals surface area contributed by atoms with E-state index in [-0.39, 0.29) is 12.3 Å². The summed E-state index contributed by atoms with van der Waals surface area (Å²) in [5.41, 5.74) is 3.82. The van der Waals surface area contributed by atoms with Gasteiger partial charge in [-0.1, -0.05) is 60.7 Å². The summed E-state index contributed by atoms with van der Waals surface area (Å²) in [6.07, 6.45) is -2.59. The van der Waals surface area contributed by atoms with Crippen LogP contribution in [0.1, 0.15) is 18.1 Å². The molecule has 9 heteroatoms. The minimum absolute atomic E-state index is 0.0424. The summed E-state index contributed by atoms with van der Waals surface area (Å²) >= 11 is 0. The fourth-order valence-electron chi connectivity index (χ4n) is 2.52. The van der Waals surface area contributed by atoms with E-state index < -0.39 is 24.3 Å². The third kappa shape index (κ3) is 6.33. The number of aliphatic imine (C=N–C) groups is 1. The van der Waals surface area contributed by atoms with Crippen molar-refractivity contribution in [3.05, 3.63) is 71.8 Å². The molecule has 2 aromatic rings. The fraction of sp³-hybridized carbons (Fsp3) is 0.238. The SMILES string of the molecule is COC(=O)NN(C(=O)OC)[C@H](C)/C(=N/C(=O)OCc1ccccc1)c1ccccc1. The second kappa shape index (κ2) is 11.2. The molecule has 0 saturated carbocycles. The highest BCUT2D eigenvalue weighted by atomic mass is 16.6. The van der Waals surface area contributed by atoms with Crippen LogP contribution in [0.15, 0.2) is 65.7 Å². The summed E-state index contributed by atoms with van der Waals surface area (Å²) in [6.45, 7) is 1.61. The monoisotopic (exact) mass is 413 g/mol. The summed E-state index contributed by atoms with van der Waals surface area (Å²) in [4.78, 5) is 40.3. The zero-order valence-corrected chi connectivity index (χ0v) is 16.9. The number of carbonyl (C=O) groups excluding carboxylic acids is 3. The molecular formula is C21H23N3O6. The number of hydrazine groups is 1. The Kier molecular flexibility index (Phi) is 8.37. The van der Waals surface area contributed by atoms with Crippen LogP contribution < -0.4 is 5.43 Å². The molecule has 9 nitrogen and oxygen atoms in total. The van der Waals surface area contributed by atoms with Gasteiger partial charge in [0.15, 0.2) is 0 Å². The van der Waals surface area contributed by atoms with Gasteiger partial charge in [0.05, 0.1) is 26.0 Å². The van der Waals surface area contributed by atoms with Crippen LogP contribution in [0.4, 0.5) is 14.4 Å². The molecule has 0 fully saturated rings. The van der Waals surface area contributed by atoms with Gasteiger partial charge in [0.25, 0.3) is 0 Å². The first-order valence-electron chi connectivity index (χ1n) is 9.02. The molecule has 3 amide bonds. The molecule has 0 aliphatic heterocycles. The van der Waals surface area contributed by atoms with Crippen molar-refractivity contribution < 1.29 is 28.6 Å². The lowest BCUT2D eigenvalue weighted by Crippen LogP contribution is -2.54. The largest absolute Gasteiger partial charge is 0.452 e. The van der Waals surface area contributed by atoms with Crippen LogP contribution in [-0.2, 0) is 20.8 Å². The number of carbonyl (C=O) groups is 3. The highest BCUT2D eigenvalue weighted by Gasteiger charge is 2.29. The Labute approximate surface area is 174 Å². The molecular weight excluding hydrogens is 390 g/mol.